The number of phenolic OH excluding ortho intramolecular Hbond substituents is 1. The molecule has 1 aromatic heterocycles. The number of aromatic hydroxyl groups is 1. The van der Waals surface area contributed by atoms with E-state index in [2.05, 4.69) is 26.0 Å². The van der Waals surface area contributed by atoms with Gasteiger partial charge in [-0.15, -0.1) is 11.3 Å². The number of fused-ring (bicyclic) bond motifs is 2. The third-order valence-corrected chi connectivity index (χ3v) is 8.06. The molecule has 182 valence electrons. The van der Waals surface area contributed by atoms with Crippen LogP contribution in [0, 0.1) is 27.7 Å². The number of ether oxygens (including phenoxy) is 1. The summed E-state index contributed by atoms with van der Waals surface area (Å²) in [4.78, 5) is 13.2. The van der Waals surface area contributed by atoms with Gasteiger partial charge in [-0.25, -0.2) is 4.79 Å². The van der Waals surface area contributed by atoms with E-state index in [4.69, 9.17) is 4.74 Å². The number of benzene rings is 4. The van der Waals surface area contributed by atoms with Crippen molar-refractivity contribution >= 4 is 38.2 Å². The maximum atomic E-state index is 12.0. The Morgan fingerprint density at radius 2 is 1.53 bits per heavy atom. The minimum Gasteiger partial charge on any atom is -0.506 e. The molecule has 0 aliphatic rings. The fourth-order valence-electron chi connectivity index (χ4n) is 4.99. The molecule has 0 spiro atoms. The van der Waals surface area contributed by atoms with E-state index in [-0.39, 0.29) is 6.42 Å². The van der Waals surface area contributed by atoms with E-state index in [1.807, 2.05) is 68.4 Å². The van der Waals surface area contributed by atoms with Gasteiger partial charge in [0.25, 0.3) is 0 Å². The summed E-state index contributed by atoms with van der Waals surface area (Å²) in [6.45, 7) is 8.10. The Bertz CT molecular complexity index is 1590. The third kappa shape index (κ3) is 4.10. The summed E-state index contributed by atoms with van der Waals surface area (Å²) in [6.07, 6.45) is -0.702. The number of thiophene rings is 1. The number of carboxylic acid groups (broad SMARTS) is 1. The van der Waals surface area contributed by atoms with Gasteiger partial charge in [-0.2, -0.15) is 0 Å². The van der Waals surface area contributed by atoms with Gasteiger partial charge in [0, 0.05) is 22.1 Å². The Kier molecular flexibility index (Phi) is 6.19. The van der Waals surface area contributed by atoms with Crippen LogP contribution in [0.25, 0.3) is 32.0 Å². The molecule has 2 N–H and O–H groups in total. The normalized spacial score (nSPS) is 12.2. The third-order valence-electron chi connectivity index (χ3n) is 6.85. The summed E-state index contributed by atoms with van der Waals surface area (Å²) < 4.78 is 7.01. The van der Waals surface area contributed by atoms with Crippen LogP contribution >= 0.6 is 11.3 Å². The molecule has 0 fully saturated rings. The first-order valence-electron chi connectivity index (χ1n) is 11.9. The van der Waals surface area contributed by atoms with Crippen LogP contribution in [0.15, 0.2) is 66.7 Å². The lowest BCUT2D eigenvalue weighted by Crippen LogP contribution is -2.30. The summed E-state index contributed by atoms with van der Waals surface area (Å²) in [7, 11) is 0. The van der Waals surface area contributed by atoms with Crippen molar-refractivity contribution in [3.63, 3.8) is 0 Å². The number of carbonyl (C=O) groups is 1. The second-order valence-corrected chi connectivity index (χ2v) is 10.6. The van der Waals surface area contributed by atoms with E-state index in [1.54, 1.807) is 11.3 Å². The number of rotatable bonds is 6. The standard InChI is InChI=1S/C31H28O4S/c1-17-14-22(15-18(2)29(17)35-25(31(33)34)16-21-10-6-5-7-11-21)27-23-12-8-9-13-24(23)28(32)30-26(27)19(3)20(4)36-30/h5-15,25,32H,16H2,1-4H3,(H,33,34)/t25-/m1/s1. The molecule has 4 aromatic carbocycles. The monoisotopic (exact) mass is 496 g/mol. The molecule has 0 bridgehead atoms. The first kappa shape index (κ1) is 23.9. The number of aryl methyl sites for hydroxylation is 4. The maximum Gasteiger partial charge on any atom is 0.345 e. The van der Waals surface area contributed by atoms with Crippen molar-refractivity contribution in [1.29, 1.82) is 0 Å². The largest absolute Gasteiger partial charge is 0.506 e. The molecule has 5 aromatic rings. The predicted octanol–water partition coefficient (Wildman–Crippen LogP) is 7.74. The molecule has 0 aliphatic carbocycles. The highest BCUT2D eigenvalue weighted by atomic mass is 32.1. The molecular formula is C31H28O4S. The topological polar surface area (TPSA) is 66.8 Å². The van der Waals surface area contributed by atoms with E-state index < -0.39 is 12.1 Å². The molecule has 0 unspecified atom stereocenters. The second kappa shape index (κ2) is 9.32. The SMILES string of the molecule is Cc1cc(-c2c3ccccc3c(O)c3sc(C)c(C)c23)cc(C)c1O[C@H](Cc1ccccc1)C(=O)O. The van der Waals surface area contributed by atoms with Gasteiger partial charge in [0.05, 0.1) is 4.70 Å². The first-order valence-corrected chi connectivity index (χ1v) is 12.8. The van der Waals surface area contributed by atoms with E-state index in [9.17, 15) is 15.0 Å². The molecule has 0 aliphatic heterocycles. The number of phenols is 1. The van der Waals surface area contributed by atoms with E-state index in [1.165, 1.54) is 4.88 Å². The van der Waals surface area contributed by atoms with Gasteiger partial charge in [-0.3, -0.25) is 0 Å². The number of aliphatic carboxylic acids is 1. The lowest BCUT2D eigenvalue weighted by molar-refractivity contribution is -0.145. The van der Waals surface area contributed by atoms with Crippen molar-refractivity contribution in [1.82, 2.24) is 0 Å². The van der Waals surface area contributed by atoms with E-state index in [0.717, 1.165) is 54.2 Å². The zero-order valence-electron chi connectivity index (χ0n) is 20.8. The van der Waals surface area contributed by atoms with Gasteiger partial charge in [-0.05, 0) is 78.6 Å². The van der Waals surface area contributed by atoms with Crippen molar-refractivity contribution in [3.8, 4) is 22.6 Å². The Morgan fingerprint density at radius 3 is 2.17 bits per heavy atom. The lowest BCUT2D eigenvalue weighted by Gasteiger charge is -2.20. The van der Waals surface area contributed by atoms with E-state index in [0.29, 0.717) is 11.5 Å². The van der Waals surface area contributed by atoms with Crippen molar-refractivity contribution in [3.05, 3.63) is 93.9 Å². The van der Waals surface area contributed by atoms with Gasteiger partial charge in [-0.1, -0.05) is 54.6 Å². The average molecular weight is 497 g/mol. The van der Waals surface area contributed by atoms with Crippen molar-refractivity contribution < 1.29 is 19.7 Å². The molecular weight excluding hydrogens is 468 g/mol. The van der Waals surface area contributed by atoms with Crippen LogP contribution in [0.2, 0.25) is 0 Å². The maximum absolute atomic E-state index is 12.0. The summed E-state index contributed by atoms with van der Waals surface area (Å²) in [5.41, 5.74) is 5.93. The van der Waals surface area contributed by atoms with Gasteiger partial charge < -0.3 is 14.9 Å². The molecule has 0 saturated heterocycles. The fraction of sp³-hybridized carbons (Fsp3) is 0.194. The molecule has 0 amide bonds. The van der Waals surface area contributed by atoms with Crippen LogP contribution in [0.3, 0.4) is 0 Å². The van der Waals surface area contributed by atoms with Crippen LogP contribution in [0.1, 0.15) is 27.1 Å². The first-order chi connectivity index (χ1) is 17.3. The summed E-state index contributed by atoms with van der Waals surface area (Å²) in [5, 5.41) is 23.8. The van der Waals surface area contributed by atoms with Crippen LogP contribution in [-0.2, 0) is 11.2 Å². The van der Waals surface area contributed by atoms with Crippen molar-refractivity contribution in [2.24, 2.45) is 0 Å². The molecule has 1 atom stereocenters. The number of hydrogen-bond donors (Lipinski definition) is 2. The molecule has 0 radical (unpaired) electrons. The zero-order valence-corrected chi connectivity index (χ0v) is 21.6. The molecule has 0 saturated carbocycles. The van der Waals surface area contributed by atoms with Gasteiger partial charge >= 0.3 is 5.97 Å². The molecule has 4 nitrogen and oxygen atoms in total. The van der Waals surface area contributed by atoms with Crippen molar-refractivity contribution in [2.45, 2.75) is 40.2 Å². The average Bonchev–Trinajstić information content (AvgIpc) is 3.16. The van der Waals surface area contributed by atoms with E-state index >= 15 is 0 Å². The molecule has 5 heteroatoms. The zero-order chi connectivity index (χ0) is 25.6. The predicted molar refractivity (Wildman–Crippen MR) is 148 cm³/mol. The Balaban J connectivity index is 1.64. The molecule has 36 heavy (non-hydrogen) atoms. The highest BCUT2D eigenvalue weighted by Gasteiger charge is 2.24. The smallest absolute Gasteiger partial charge is 0.345 e. The van der Waals surface area contributed by atoms with Crippen LogP contribution in [0.5, 0.6) is 11.5 Å². The van der Waals surface area contributed by atoms with Crippen LogP contribution in [0.4, 0.5) is 0 Å². The molecule has 5 rings (SSSR count). The van der Waals surface area contributed by atoms with Crippen LogP contribution < -0.4 is 4.74 Å². The Morgan fingerprint density at radius 1 is 0.917 bits per heavy atom. The van der Waals surface area contributed by atoms with Crippen molar-refractivity contribution in [2.75, 3.05) is 0 Å². The Hall–Kier alpha value is -3.83. The molecule has 1 heterocycles. The van der Waals surface area contributed by atoms with Gasteiger partial charge in [0.15, 0.2) is 6.10 Å². The highest BCUT2D eigenvalue weighted by molar-refractivity contribution is 7.19. The number of hydrogen-bond acceptors (Lipinski definition) is 4. The second-order valence-electron chi connectivity index (χ2n) is 9.33. The minimum atomic E-state index is -0.989. The highest BCUT2D eigenvalue weighted by Crippen LogP contribution is 2.48. The summed E-state index contributed by atoms with van der Waals surface area (Å²) in [5.74, 6) is -0.0684. The minimum absolute atomic E-state index is 0.285. The fourth-order valence-corrected chi connectivity index (χ4v) is 6.11. The van der Waals surface area contributed by atoms with Gasteiger partial charge in [0.2, 0.25) is 0 Å². The number of carboxylic acids is 1. The quantitative estimate of drug-likeness (QED) is 0.252. The van der Waals surface area contributed by atoms with Gasteiger partial charge in [0.1, 0.15) is 11.5 Å². The summed E-state index contributed by atoms with van der Waals surface area (Å²) in [6, 6.07) is 21.6. The summed E-state index contributed by atoms with van der Waals surface area (Å²) >= 11 is 1.61. The lowest BCUT2D eigenvalue weighted by atomic mass is 9.90. The van der Waals surface area contributed by atoms with Crippen LogP contribution in [-0.4, -0.2) is 22.3 Å². The Labute approximate surface area is 214 Å².